The number of carbonyl (C=O) groups is 1. The molecule has 2 aromatic rings. The first-order chi connectivity index (χ1) is 8.72. The average Bonchev–Trinajstić information content (AvgIpc) is 2.89. The van der Waals surface area contributed by atoms with E-state index in [1.807, 2.05) is 24.3 Å². The minimum absolute atomic E-state index is 0.476. The van der Waals surface area contributed by atoms with Gasteiger partial charge in [-0.15, -0.1) is 11.3 Å². The van der Waals surface area contributed by atoms with Crippen LogP contribution in [-0.2, 0) is 4.79 Å². The van der Waals surface area contributed by atoms with Gasteiger partial charge in [0.05, 0.1) is 12.8 Å². The number of aromatic nitrogens is 1. The van der Waals surface area contributed by atoms with Gasteiger partial charge in [0.15, 0.2) is 6.04 Å². The molecular weight excluding hydrogens is 250 g/mol. The summed E-state index contributed by atoms with van der Waals surface area (Å²) in [5.41, 5.74) is 6.10. The maximum atomic E-state index is 11.5. The molecule has 5 nitrogen and oxygen atoms in total. The predicted octanol–water partition coefficient (Wildman–Crippen LogP) is 1.79. The third kappa shape index (κ3) is 2.60. The zero-order valence-corrected chi connectivity index (χ0v) is 10.6. The van der Waals surface area contributed by atoms with Crippen LogP contribution in [0.2, 0.25) is 0 Å². The number of nitrogens with one attached hydrogen (secondary N) is 1. The zero-order chi connectivity index (χ0) is 13.0. The molecule has 1 aromatic carbocycles. The topological polar surface area (TPSA) is 77.2 Å². The molecule has 1 aromatic heterocycles. The summed E-state index contributed by atoms with van der Waals surface area (Å²) < 4.78 is 5.21. The van der Waals surface area contributed by atoms with E-state index >= 15 is 0 Å². The zero-order valence-electron chi connectivity index (χ0n) is 9.79. The van der Waals surface area contributed by atoms with Crippen LogP contribution in [0, 0.1) is 0 Å². The van der Waals surface area contributed by atoms with Crippen molar-refractivity contribution in [1.29, 1.82) is 0 Å². The number of methoxy groups -OCH3 is 1. The standard InChI is InChI=1S/C12H13N3O2S/c1-17-9-5-3-2-4-8(9)15-10(11(13)16)12-14-6-7-18-12/h2-7,10,15H,1H3,(H2,13,16). The molecule has 0 spiro atoms. The van der Waals surface area contributed by atoms with Crippen molar-refractivity contribution < 1.29 is 9.53 Å². The predicted molar refractivity (Wildman–Crippen MR) is 70.7 cm³/mol. The molecule has 0 aliphatic rings. The van der Waals surface area contributed by atoms with Gasteiger partial charge < -0.3 is 15.8 Å². The fourth-order valence-corrected chi connectivity index (χ4v) is 2.25. The molecular formula is C12H13N3O2S. The van der Waals surface area contributed by atoms with Gasteiger partial charge in [-0.05, 0) is 12.1 Å². The molecule has 3 N–H and O–H groups in total. The van der Waals surface area contributed by atoms with Crippen molar-refractivity contribution in [2.24, 2.45) is 5.73 Å². The molecule has 0 saturated heterocycles. The van der Waals surface area contributed by atoms with E-state index in [1.54, 1.807) is 18.7 Å². The van der Waals surface area contributed by atoms with Crippen molar-refractivity contribution in [3.63, 3.8) is 0 Å². The number of para-hydroxylation sites is 2. The van der Waals surface area contributed by atoms with E-state index in [4.69, 9.17) is 10.5 Å². The molecule has 94 valence electrons. The second-order valence-corrected chi connectivity index (χ2v) is 4.48. The number of thiazole rings is 1. The summed E-state index contributed by atoms with van der Waals surface area (Å²) in [6, 6.07) is 6.68. The minimum atomic E-state index is -0.652. The van der Waals surface area contributed by atoms with Crippen LogP contribution in [0.5, 0.6) is 5.75 Å². The Morgan fingerprint density at radius 2 is 2.28 bits per heavy atom. The van der Waals surface area contributed by atoms with E-state index in [2.05, 4.69) is 10.3 Å². The van der Waals surface area contributed by atoms with Crippen molar-refractivity contribution in [1.82, 2.24) is 4.98 Å². The number of ether oxygens (including phenoxy) is 1. The van der Waals surface area contributed by atoms with Crippen LogP contribution in [0.1, 0.15) is 11.0 Å². The molecule has 1 atom stereocenters. The van der Waals surface area contributed by atoms with Crippen molar-refractivity contribution in [3.05, 3.63) is 40.8 Å². The molecule has 18 heavy (non-hydrogen) atoms. The Morgan fingerprint density at radius 1 is 1.50 bits per heavy atom. The SMILES string of the molecule is COc1ccccc1NC(C(N)=O)c1nccs1. The van der Waals surface area contributed by atoms with Crippen LogP contribution in [0.3, 0.4) is 0 Å². The van der Waals surface area contributed by atoms with Gasteiger partial charge in [0.1, 0.15) is 10.8 Å². The summed E-state index contributed by atoms with van der Waals surface area (Å²) in [6.45, 7) is 0. The van der Waals surface area contributed by atoms with Crippen molar-refractivity contribution in [2.75, 3.05) is 12.4 Å². The second-order valence-electron chi connectivity index (χ2n) is 3.55. The highest BCUT2D eigenvalue weighted by atomic mass is 32.1. The fraction of sp³-hybridized carbons (Fsp3) is 0.167. The molecule has 1 amide bonds. The number of anilines is 1. The number of rotatable bonds is 5. The Morgan fingerprint density at radius 3 is 2.89 bits per heavy atom. The molecule has 0 aliphatic carbocycles. The lowest BCUT2D eigenvalue weighted by molar-refractivity contribution is -0.118. The van der Waals surface area contributed by atoms with Gasteiger partial charge in [0, 0.05) is 11.6 Å². The Bertz CT molecular complexity index is 528. The summed E-state index contributed by atoms with van der Waals surface area (Å²) in [4.78, 5) is 15.6. The lowest BCUT2D eigenvalue weighted by Crippen LogP contribution is -2.27. The van der Waals surface area contributed by atoms with Crippen LogP contribution < -0.4 is 15.8 Å². The van der Waals surface area contributed by atoms with Crippen LogP contribution >= 0.6 is 11.3 Å². The quantitative estimate of drug-likeness (QED) is 0.862. The van der Waals surface area contributed by atoms with Crippen LogP contribution in [-0.4, -0.2) is 18.0 Å². The highest BCUT2D eigenvalue weighted by Gasteiger charge is 2.21. The third-order valence-corrected chi connectivity index (χ3v) is 3.23. The van der Waals surface area contributed by atoms with Gasteiger partial charge in [-0.1, -0.05) is 12.1 Å². The molecule has 2 rings (SSSR count). The van der Waals surface area contributed by atoms with Crippen LogP contribution in [0.4, 0.5) is 5.69 Å². The lowest BCUT2D eigenvalue weighted by atomic mass is 10.2. The summed E-state index contributed by atoms with van der Waals surface area (Å²) >= 11 is 1.38. The third-order valence-electron chi connectivity index (χ3n) is 2.39. The number of benzene rings is 1. The van der Waals surface area contributed by atoms with Crippen molar-refractivity contribution in [3.8, 4) is 5.75 Å². The van der Waals surface area contributed by atoms with E-state index in [1.165, 1.54) is 11.3 Å². The van der Waals surface area contributed by atoms with Crippen LogP contribution in [0.15, 0.2) is 35.8 Å². The highest BCUT2D eigenvalue weighted by Crippen LogP contribution is 2.28. The molecule has 0 bridgehead atoms. The van der Waals surface area contributed by atoms with Crippen molar-refractivity contribution in [2.45, 2.75) is 6.04 Å². The van der Waals surface area contributed by atoms with Gasteiger partial charge >= 0.3 is 0 Å². The monoisotopic (exact) mass is 263 g/mol. The first-order valence-electron chi connectivity index (χ1n) is 5.30. The minimum Gasteiger partial charge on any atom is -0.495 e. The van der Waals surface area contributed by atoms with E-state index in [0.717, 1.165) is 0 Å². The number of nitrogens with two attached hydrogens (primary N) is 1. The maximum Gasteiger partial charge on any atom is 0.247 e. The molecule has 0 saturated carbocycles. The van der Waals surface area contributed by atoms with E-state index < -0.39 is 11.9 Å². The summed E-state index contributed by atoms with van der Waals surface area (Å²) in [5.74, 6) is 0.177. The molecule has 0 radical (unpaired) electrons. The largest absolute Gasteiger partial charge is 0.495 e. The molecule has 1 heterocycles. The average molecular weight is 263 g/mol. The first-order valence-corrected chi connectivity index (χ1v) is 6.18. The summed E-state index contributed by atoms with van der Waals surface area (Å²) in [7, 11) is 1.57. The normalized spacial score (nSPS) is 11.8. The van der Waals surface area contributed by atoms with Crippen molar-refractivity contribution >= 4 is 22.9 Å². The smallest absolute Gasteiger partial charge is 0.247 e. The summed E-state index contributed by atoms with van der Waals surface area (Å²) in [6.07, 6.45) is 1.64. The molecule has 1 unspecified atom stereocenters. The first kappa shape index (κ1) is 12.4. The Kier molecular flexibility index (Phi) is 3.78. The maximum absolute atomic E-state index is 11.5. The Labute approximate surface area is 109 Å². The number of amides is 1. The molecule has 0 aliphatic heterocycles. The second kappa shape index (κ2) is 5.50. The number of carbonyl (C=O) groups excluding carboxylic acids is 1. The number of nitrogens with zero attached hydrogens (tertiary/aromatic N) is 1. The lowest BCUT2D eigenvalue weighted by Gasteiger charge is -2.16. The number of hydrogen-bond acceptors (Lipinski definition) is 5. The van der Waals surface area contributed by atoms with Gasteiger partial charge in [0.25, 0.3) is 0 Å². The van der Waals surface area contributed by atoms with Gasteiger partial charge in [-0.2, -0.15) is 0 Å². The number of primary amides is 1. The van der Waals surface area contributed by atoms with Gasteiger partial charge in [-0.3, -0.25) is 4.79 Å². The Hall–Kier alpha value is -2.08. The fourth-order valence-electron chi connectivity index (χ4n) is 1.55. The van der Waals surface area contributed by atoms with Gasteiger partial charge in [-0.25, -0.2) is 4.98 Å². The highest BCUT2D eigenvalue weighted by molar-refractivity contribution is 7.09. The van der Waals surface area contributed by atoms with E-state index in [-0.39, 0.29) is 0 Å². The Balaban J connectivity index is 2.27. The summed E-state index contributed by atoms with van der Waals surface area (Å²) in [5, 5.41) is 5.48. The van der Waals surface area contributed by atoms with Crippen LogP contribution in [0.25, 0.3) is 0 Å². The molecule has 6 heteroatoms. The van der Waals surface area contributed by atoms with E-state index in [0.29, 0.717) is 16.4 Å². The van der Waals surface area contributed by atoms with E-state index in [9.17, 15) is 4.79 Å². The molecule has 0 fully saturated rings. The number of hydrogen-bond donors (Lipinski definition) is 2. The van der Waals surface area contributed by atoms with Gasteiger partial charge in [0.2, 0.25) is 5.91 Å².